The number of hydrogen-bond donors (Lipinski definition) is 2. The number of benzene rings is 1. The second kappa shape index (κ2) is 4.90. The van der Waals surface area contributed by atoms with Gasteiger partial charge in [0.1, 0.15) is 0 Å². The molecule has 92 valence electrons. The second-order valence-electron chi connectivity index (χ2n) is 3.42. The number of primary amides is 1. The molecule has 0 fully saturated rings. The molecule has 0 aliphatic carbocycles. The predicted molar refractivity (Wildman–Crippen MR) is 58.7 cm³/mol. The van der Waals surface area contributed by atoms with Crippen LogP contribution in [-0.2, 0) is 11.0 Å². The number of halogens is 3. The predicted octanol–water partition coefficient (Wildman–Crippen LogP) is 2.18. The number of hydrogen-bond acceptors (Lipinski definition) is 2. The fourth-order valence-electron chi connectivity index (χ4n) is 1.25. The number of anilines is 1. The van der Waals surface area contributed by atoms with E-state index in [1.54, 1.807) is 0 Å². The summed E-state index contributed by atoms with van der Waals surface area (Å²) in [6.07, 6.45) is -1.48. The van der Waals surface area contributed by atoms with Gasteiger partial charge in [0.25, 0.3) is 0 Å². The topological polar surface area (TPSA) is 69.1 Å². The lowest BCUT2D eigenvalue weighted by molar-refractivity contribution is -0.136. The third-order valence-corrected chi connectivity index (χ3v) is 2.01. The van der Waals surface area contributed by atoms with E-state index in [4.69, 9.17) is 11.5 Å². The molecule has 1 aromatic rings. The van der Waals surface area contributed by atoms with Crippen LogP contribution >= 0.6 is 0 Å². The van der Waals surface area contributed by atoms with Crippen molar-refractivity contribution in [2.24, 2.45) is 5.73 Å². The van der Waals surface area contributed by atoms with Gasteiger partial charge in [-0.3, -0.25) is 4.79 Å². The molecule has 4 N–H and O–H groups in total. The summed E-state index contributed by atoms with van der Waals surface area (Å²) in [7, 11) is 0. The number of nitrogen functional groups attached to an aromatic ring is 1. The second-order valence-corrected chi connectivity index (χ2v) is 3.42. The molecule has 0 aliphatic heterocycles. The highest BCUT2D eigenvalue weighted by Crippen LogP contribution is 2.33. The zero-order valence-corrected chi connectivity index (χ0v) is 8.79. The first-order valence-electron chi connectivity index (χ1n) is 4.72. The van der Waals surface area contributed by atoms with Gasteiger partial charge in [-0.1, -0.05) is 18.2 Å². The smallest absolute Gasteiger partial charge is 0.398 e. The summed E-state index contributed by atoms with van der Waals surface area (Å²) in [5.74, 6) is -0.513. The van der Waals surface area contributed by atoms with Crippen molar-refractivity contribution in [3.8, 4) is 0 Å². The van der Waals surface area contributed by atoms with Crippen molar-refractivity contribution < 1.29 is 18.0 Å². The number of rotatable bonds is 3. The Morgan fingerprint density at radius 3 is 2.47 bits per heavy atom. The Morgan fingerprint density at radius 2 is 2.00 bits per heavy atom. The summed E-state index contributed by atoms with van der Waals surface area (Å²) in [6, 6.07) is 3.37. The molecule has 0 heterocycles. The van der Waals surface area contributed by atoms with Crippen LogP contribution in [0, 0.1) is 0 Å². The lowest BCUT2D eigenvalue weighted by Crippen LogP contribution is -2.09. The maximum atomic E-state index is 12.4. The molecule has 0 aromatic heterocycles. The van der Waals surface area contributed by atoms with E-state index >= 15 is 0 Å². The van der Waals surface area contributed by atoms with Crippen LogP contribution in [0.3, 0.4) is 0 Å². The van der Waals surface area contributed by atoms with Gasteiger partial charge in [-0.25, -0.2) is 0 Å². The molecule has 0 saturated heterocycles. The van der Waals surface area contributed by atoms with E-state index in [2.05, 4.69) is 0 Å². The summed E-state index contributed by atoms with van der Waals surface area (Å²) in [5, 5.41) is 0. The number of nitrogens with two attached hydrogens (primary N) is 2. The zero-order valence-electron chi connectivity index (χ0n) is 8.79. The van der Waals surface area contributed by atoms with Crippen molar-refractivity contribution >= 4 is 17.7 Å². The summed E-state index contributed by atoms with van der Waals surface area (Å²) < 4.78 is 37.1. The Morgan fingerprint density at radius 1 is 1.35 bits per heavy atom. The van der Waals surface area contributed by atoms with Crippen molar-refractivity contribution in [2.75, 3.05) is 5.73 Å². The highest BCUT2D eigenvalue weighted by atomic mass is 19.4. The summed E-state index contributed by atoms with van der Waals surface area (Å²) in [5.41, 5.74) is 9.46. The van der Waals surface area contributed by atoms with Crippen LogP contribution in [-0.4, -0.2) is 5.91 Å². The molecule has 6 heteroatoms. The van der Waals surface area contributed by atoms with Gasteiger partial charge < -0.3 is 11.5 Å². The standard InChI is InChI=1S/C11H11F3N2O/c12-11(13,14)8-5-4-7(6-9(8)15)2-1-3-10(16)17/h1-2,4-6H,3,15H2,(H2,16,17). The van der Waals surface area contributed by atoms with E-state index in [-0.39, 0.29) is 12.1 Å². The van der Waals surface area contributed by atoms with Gasteiger partial charge in [0.2, 0.25) is 5.91 Å². The van der Waals surface area contributed by atoms with E-state index in [0.717, 1.165) is 6.07 Å². The van der Waals surface area contributed by atoms with Crippen molar-refractivity contribution in [3.05, 3.63) is 35.4 Å². The van der Waals surface area contributed by atoms with Crippen molar-refractivity contribution in [2.45, 2.75) is 12.6 Å². The lowest BCUT2D eigenvalue weighted by Gasteiger charge is -2.09. The molecule has 0 saturated carbocycles. The zero-order chi connectivity index (χ0) is 13.1. The Kier molecular flexibility index (Phi) is 3.77. The van der Waals surface area contributed by atoms with E-state index in [9.17, 15) is 18.0 Å². The number of carbonyl (C=O) groups is 1. The number of alkyl halides is 3. The van der Waals surface area contributed by atoms with E-state index in [1.165, 1.54) is 24.3 Å². The largest absolute Gasteiger partial charge is 0.418 e. The van der Waals surface area contributed by atoms with Crippen molar-refractivity contribution in [1.29, 1.82) is 0 Å². The van der Waals surface area contributed by atoms with Crippen LogP contribution < -0.4 is 11.5 Å². The minimum absolute atomic E-state index is 0.0287. The maximum absolute atomic E-state index is 12.4. The highest BCUT2D eigenvalue weighted by Gasteiger charge is 2.32. The molecule has 3 nitrogen and oxygen atoms in total. The fraction of sp³-hybridized carbons (Fsp3) is 0.182. The molecular weight excluding hydrogens is 233 g/mol. The molecule has 0 unspecified atom stereocenters. The molecule has 0 bridgehead atoms. The average Bonchev–Trinajstić information content (AvgIpc) is 2.14. The minimum Gasteiger partial charge on any atom is -0.398 e. The van der Waals surface area contributed by atoms with E-state index < -0.39 is 17.6 Å². The highest BCUT2D eigenvalue weighted by molar-refractivity contribution is 5.76. The average molecular weight is 244 g/mol. The molecule has 1 aromatic carbocycles. The third-order valence-electron chi connectivity index (χ3n) is 2.01. The van der Waals surface area contributed by atoms with Crippen LogP contribution in [0.5, 0.6) is 0 Å². The van der Waals surface area contributed by atoms with Gasteiger partial charge >= 0.3 is 6.18 Å². The normalized spacial score (nSPS) is 11.9. The first-order valence-corrected chi connectivity index (χ1v) is 4.72. The maximum Gasteiger partial charge on any atom is 0.418 e. The monoisotopic (exact) mass is 244 g/mol. The molecule has 0 aliphatic rings. The van der Waals surface area contributed by atoms with Gasteiger partial charge in [0, 0.05) is 12.1 Å². The van der Waals surface area contributed by atoms with Gasteiger partial charge in [0.05, 0.1) is 5.56 Å². The van der Waals surface area contributed by atoms with Crippen molar-refractivity contribution in [1.82, 2.24) is 0 Å². The Hall–Kier alpha value is -1.98. The number of carbonyl (C=O) groups excluding carboxylic acids is 1. The first kappa shape index (κ1) is 13.1. The SMILES string of the molecule is NC(=O)CC=Cc1ccc(C(F)(F)F)c(N)c1. The lowest BCUT2D eigenvalue weighted by atomic mass is 10.1. The number of amides is 1. The minimum atomic E-state index is -4.46. The summed E-state index contributed by atoms with van der Waals surface area (Å²) >= 11 is 0. The molecule has 0 atom stereocenters. The molecule has 0 radical (unpaired) electrons. The summed E-state index contributed by atoms with van der Waals surface area (Å²) in [6.45, 7) is 0. The summed E-state index contributed by atoms with van der Waals surface area (Å²) in [4.78, 5) is 10.4. The quantitative estimate of drug-likeness (QED) is 0.800. The van der Waals surface area contributed by atoms with Crippen molar-refractivity contribution in [3.63, 3.8) is 0 Å². The Labute approximate surface area is 95.9 Å². The molecule has 1 amide bonds. The van der Waals surface area contributed by atoms with Gasteiger partial charge in [-0.05, 0) is 17.7 Å². The van der Waals surface area contributed by atoms with E-state index in [1.807, 2.05) is 0 Å². The van der Waals surface area contributed by atoms with Gasteiger partial charge in [-0.15, -0.1) is 0 Å². The molecule has 0 spiro atoms. The van der Waals surface area contributed by atoms with Crippen LogP contribution in [0.15, 0.2) is 24.3 Å². The van der Waals surface area contributed by atoms with Crippen LogP contribution in [0.2, 0.25) is 0 Å². The van der Waals surface area contributed by atoms with Crippen LogP contribution in [0.25, 0.3) is 6.08 Å². The molecular formula is C11H11F3N2O. The fourth-order valence-corrected chi connectivity index (χ4v) is 1.25. The molecule has 1 rings (SSSR count). The molecule has 17 heavy (non-hydrogen) atoms. The van der Waals surface area contributed by atoms with Gasteiger partial charge in [0.15, 0.2) is 0 Å². The van der Waals surface area contributed by atoms with Gasteiger partial charge in [-0.2, -0.15) is 13.2 Å². The first-order chi connectivity index (χ1) is 7.80. The van der Waals surface area contributed by atoms with Crippen LogP contribution in [0.1, 0.15) is 17.5 Å². The third kappa shape index (κ3) is 3.82. The Balaban J connectivity index is 2.90. The Bertz CT molecular complexity index is 453. The van der Waals surface area contributed by atoms with Crippen LogP contribution in [0.4, 0.5) is 18.9 Å². The van der Waals surface area contributed by atoms with E-state index in [0.29, 0.717) is 5.56 Å².